The average molecular weight is 486 g/mol. The molecule has 2 aromatic carbocycles. The van der Waals surface area contributed by atoms with Crippen molar-refractivity contribution in [1.82, 2.24) is 9.80 Å². The molecule has 0 atom stereocenters. The number of anilines is 1. The Bertz CT molecular complexity index is 1210. The van der Waals surface area contributed by atoms with E-state index in [2.05, 4.69) is 0 Å². The number of alkyl halides is 3. The number of halogens is 3. The molecule has 0 N–H and O–H groups in total. The number of likely N-dealkylation sites (tertiary alicyclic amines) is 1. The Balaban J connectivity index is 1.54. The average Bonchev–Trinajstić information content (AvgIpc) is 3.03. The van der Waals surface area contributed by atoms with E-state index in [-0.39, 0.29) is 30.5 Å². The number of carbonyl (C=O) groups excluding carboxylic acids is 3. The van der Waals surface area contributed by atoms with Crippen LogP contribution in [0.15, 0.2) is 48.5 Å². The van der Waals surface area contributed by atoms with Gasteiger partial charge in [0.05, 0.1) is 11.0 Å². The largest absolute Gasteiger partial charge is 0.416 e. The summed E-state index contributed by atoms with van der Waals surface area (Å²) < 4.78 is 39.7. The molecule has 0 bridgehead atoms. The number of hydrogen-bond acceptors (Lipinski definition) is 3. The summed E-state index contributed by atoms with van der Waals surface area (Å²) in [6, 6.07) is 10.3. The van der Waals surface area contributed by atoms with E-state index in [4.69, 9.17) is 0 Å². The van der Waals surface area contributed by atoms with Crippen molar-refractivity contribution in [3.8, 4) is 0 Å². The molecule has 1 spiro atoms. The fourth-order valence-corrected chi connectivity index (χ4v) is 4.91. The first-order chi connectivity index (χ1) is 16.5. The smallest absolute Gasteiger partial charge is 0.345 e. The van der Waals surface area contributed by atoms with Crippen molar-refractivity contribution in [1.29, 1.82) is 0 Å². The molecule has 9 heteroatoms. The van der Waals surface area contributed by atoms with Gasteiger partial charge in [-0.15, -0.1) is 0 Å². The first kappa shape index (κ1) is 24.5. The highest BCUT2D eigenvalue weighted by Crippen LogP contribution is 2.48. The van der Waals surface area contributed by atoms with Crippen LogP contribution in [-0.2, 0) is 21.2 Å². The zero-order valence-electron chi connectivity index (χ0n) is 19.7. The molecule has 0 aromatic heterocycles. The number of piperidine rings is 1. The quantitative estimate of drug-likeness (QED) is 0.619. The number of carbonyl (C=O) groups is 3. The van der Waals surface area contributed by atoms with E-state index in [1.54, 1.807) is 44.2 Å². The second kappa shape index (κ2) is 8.87. The van der Waals surface area contributed by atoms with Gasteiger partial charge in [0, 0.05) is 51.6 Å². The van der Waals surface area contributed by atoms with Crippen LogP contribution in [0.25, 0.3) is 6.08 Å². The Morgan fingerprint density at radius 1 is 1.06 bits per heavy atom. The monoisotopic (exact) mass is 485 g/mol. The van der Waals surface area contributed by atoms with Crippen LogP contribution in [-0.4, -0.2) is 61.8 Å². The van der Waals surface area contributed by atoms with Gasteiger partial charge in [0.25, 0.3) is 5.91 Å². The second-order valence-electron chi connectivity index (χ2n) is 9.12. The van der Waals surface area contributed by atoms with Gasteiger partial charge in [-0.05, 0) is 54.3 Å². The Kier molecular flexibility index (Phi) is 6.21. The first-order valence-electron chi connectivity index (χ1n) is 11.2. The molecule has 0 unspecified atom stereocenters. The van der Waals surface area contributed by atoms with Gasteiger partial charge >= 0.3 is 6.18 Å². The Morgan fingerprint density at radius 3 is 2.34 bits per heavy atom. The molecule has 0 aliphatic carbocycles. The predicted molar refractivity (Wildman–Crippen MR) is 126 cm³/mol. The number of rotatable bonds is 3. The van der Waals surface area contributed by atoms with Crippen molar-refractivity contribution >= 4 is 29.5 Å². The summed E-state index contributed by atoms with van der Waals surface area (Å²) in [4.78, 5) is 43.1. The van der Waals surface area contributed by atoms with Crippen LogP contribution < -0.4 is 4.90 Å². The zero-order valence-corrected chi connectivity index (χ0v) is 19.7. The molecule has 6 nitrogen and oxygen atoms in total. The second-order valence-corrected chi connectivity index (χ2v) is 9.12. The number of likely N-dealkylation sites (N-methyl/N-ethyl adjacent to an activating group) is 1. The highest BCUT2D eigenvalue weighted by atomic mass is 19.4. The molecule has 1 saturated heterocycles. The Morgan fingerprint density at radius 2 is 1.71 bits per heavy atom. The number of nitrogens with zero attached hydrogens (tertiary/aromatic N) is 3. The minimum absolute atomic E-state index is 0.0799. The standard InChI is InChI=1S/C26H26F3N3O3/c1-30(2)23(34)18-8-10-21-20(16-18)25(24(35)31(21)3)12-14-32(15-13-25)22(33)11-9-17-6-4-5-7-19(17)26(27,28)29/h4-11,16H,12-15H2,1-3H3. The SMILES string of the molecule is CN(C)C(=O)c1ccc2c(c1)C1(CCN(C(=O)C=Cc3ccccc3C(F)(F)F)CC1)C(=O)N2C. The van der Waals surface area contributed by atoms with Crippen molar-refractivity contribution in [2.75, 3.05) is 39.1 Å². The molecule has 3 amide bonds. The molecule has 2 aromatic rings. The van der Waals surface area contributed by atoms with Crippen LogP contribution in [0.4, 0.5) is 18.9 Å². The van der Waals surface area contributed by atoms with Crippen molar-refractivity contribution < 1.29 is 27.6 Å². The van der Waals surface area contributed by atoms with Gasteiger partial charge in [0.15, 0.2) is 0 Å². The summed E-state index contributed by atoms with van der Waals surface area (Å²) in [5, 5.41) is 0. The van der Waals surface area contributed by atoms with Crippen LogP contribution >= 0.6 is 0 Å². The maximum absolute atomic E-state index is 13.3. The molecule has 2 aliphatic rings. The van der Waals surface area contributed by atoms with Crippen molar-refractivity contribution in [2.24, 2.45) is 0 Å². The highest BCUT2D eigenvalue weighted by molar-refractivity contribution is 6.09. The molecular formula is C26H26F3N3O3. The van der Waals surface area contributed by atoms with Gasteiger partial charge in [0.2, 0.25) is 11.8 Å². The van der Waals surface area contributed by atoms with Crippen LogP contribution in [0.5, 0.6) is 0 Å². The van der Waals surface area contributed by atoms with Crippen molar-refractivity contribution in [3.05, 3.63) is 70.8 Å². The maximum Gasteiger partial charge on any atom is 0.416 e. The van der Waals surface area contributed by atoms with E-state index in [1.807, 2.05) is 0 Å². The van der Waals surface area contributed by atoms with Gasteiger partial charge in [-0.25, -0.2) is 0 Å². The lowest BCUT2D eigenvalue weighted by atomic mass is 9.73. The molecule has 0 saturated carbocycles. The van der Waals surface area contributed by atoms with Gasteiger partial charge in [0.1, 0.15) is 0 Å². The summed E-state index contributed by atoms with van der Waals surface area (Å²) in [5.41, 5.74) is 0.285. The molecule has 0 radical (unpaired) electrons. The predicted octanol–water partition coefficient (Wildman–Crippen LogP) is 3.96. The van der Waals surface area contributed by atoms with Gasteiger partial charge < -0.3 is 14.7 Å². The lowest BCUT2D eigenvalue weighted by Crippen LogP contribution is -2.49. The molecule has 2 heterocycles. The summed E-state index contributed by atoms with van der Waals surface area (Å²) in [6.45, 7) is 0.546. The number of hydrogen-bond donors (Lipinski definition) is 0. The molecule has 35 heavy (non-hydrogen) atoms. The highest BCUT2D eigenvalue weighted by Gasteiger charge is 2.51. The molecule has 2 aliphatic heterocycles. The lowest BCUT2D eigenvalue weighted by Gasteiger charge is -2.38. The van der Waals surface area contributed by atoms with E-state index >= 15 is 0 Å². The van der Waals surface area contributed by atoms with E-state index in [0.29, 0.717) is 18.4 Å². The van der Waals surface area contributed by atoms with E-state index in [9.17, 15) is 27.6 Å². The summed E-state index contributed by atoms with van der Waals surface area (Å²) in [6.07, 6.45) is -1.47. The Hall–Kier alpha value is -3.62. The van der Waals surface area contributed by atoms with Gasteiger partial charge in [-0.3, -0.25) is 14.4 Å². The number of amides is 3. The minimum atomic E-state index is -4.52. The fourth-order valence-electron chi connectivity index (χ4n) is 4.91. The molecule has 4 rings (SSSR count). The lowest BCUT2D eigenvalue weighted by molar-refractivity contribution is -0.137. The third kappa shape index (κ3) is 4.31. The topological polar surface area (TPSA) is 60.9 Å². The summed E-state index contributed by atoms with van der Waals surface area (Å²) in [7, 11) is 5.02. The van der Waals surface area contributed by atoms with Crippen LogP contribution in [0.2, 0.25) is 0 Å². The number of fused-ring (bicyclic) bond motifs is 2. The van der Waals surface area contributed by atoms with E-state index in [1.165, 1.54) is 34.1 Å². The maximum atomic E-state index is 13.3. The van der Waals surface area contributed by atoms with Gasteiger partial charge in [-0.2, -0.15) is 13.2 Å². The van der Waals surface area contributed by atoms with E-state index < -0.39 is 23.1 Å². The third-order valence-corrected chi connectivity index (χ3v) is 6.84. The summed E-state index contributed by atoms with van der Waals surface area (Å²) in [5.74, 6) is -0.655. The van der Waals surface area contributed by atoms with Crippen LogP contribution in [0, 0.1) is 0 Å². The fraction of sp³-hybridized carbons (Fsp3) is 0.346. The Labute approximate surface area is 201 Å². The number of benzene rings is 2. The molecular weight excluding hydrogens is 459 g/mol. The zero-order chi connectivity index (χ0) is 25.5. The normalized spacial score (nSPS) is 17.3. The van der Waals surface area contributed by atoms with Crippen LogP contribution in [0.1, 0.15) is 39.9 Å². The van der Waals surface area contributed by atoms with Crippen LogP contribution in [0.3, 0.4) is 0 Å². The minimum Gasteiger partial charge on any atom is -0.345 e. The molecule has 1 fully saturated rings. The van der Waals surface area contributed by atoms with Crippen molar-refractivity contribution in [2.45, 2.75) is 24.4 Å². The van der Waals surface area contributed by atoms with Crippen molar-refractivity contribution in [3.63, 3.8) is 0 Å². The third-order valence-electron chi connectivity index (χ3n) is 6.84. The van der Waals surface area contributed by atoms with E-state index in [0.717, 1.165) is 23.4 Å². The first-order valence-corrected chi connectivity index (χ1v) is 11.2. The summed E-state index contributed by atoms with van der Waals surface area (Å²) >= 11 is 0. The van der Waals surface area contributed by atoms with Gasteiger partial charge in [-0.1, -0.05) is 18.2 Å². The molecule has 184 valence electrons.